The highest BCUT2D eigenvalue weighted by Gasteiger charge is 2.33. The summed E-state index contributed by atoms with van der Waals surface area (Å²) in [6.45, 7) is 4.12. The van der Waals surface area contributed by atoms with Gasteiger partial charge in [-0.1, -0.05) is 6.92 Å². The van der Waals surface area contributed by atoms with Crippen LogP contribution in [0.25, 0.3) is 0 Å². The van der Waals surface area contributed by atoms with Gasteiger partial charge in [-0.2, -0.15) is 0 Å². The van der Waals surface area contributed by atoms with Gasteiger partial charge in [-0.15, -0.1) is 0 Å². The zero-order valence-electron chi connectivity index (χ0n) is 11.2. The fourth-order valence-electron chi connectivity index (χ4n) is 3.33. The average molecular weight is 260 g/mol. The lowest BCUT2D eigenvalue weighted by Crippen LogP contribution is -2.40. The maximum Gasteiger partial charge on any atom is 0.335 e. The Kier molecular flexibility index (Phi) is 3.19. The monoisotopic (exact) mass is 260 g/mol. The second kappa shape index (κ2) is 4.85. The molecule has 102 valence electrons. The molecule has 4 heteroatoms. The standard InChI is InChI=1S/C15H20N2O2/c1-2-10-7-12(3-4-14(10)15(18)19)17-6-5-11-8-13(17)9-16-11/h3-4,7,11,13,16H,2,5-6,8-9H2,1H3,(H,18,19). The van der Waals surface area contributed by atoms with Crippen molar-refractivity contribution >= 4 is 11.7 Å². The van der Waals surface area contributed by atoms with Crippen LogP contribution in [0.5, 0.6) is 0 Å². The number of aromatic carboxylic acids is 1. The predicted octanol–water partition coefficient (Wildman–Crippen LogP) is 1.89. The van der Waals surface area contributed by atoms with E-state index >= 15 is 0 Å². The third kappa shape index (κ3) is 2.21. The molecule has 0 aromatic heterocycles. The molecule has 2 bridgehead atoms. The van der Waals surface area contributed by atoms with Crippen LogP contribution in [0.15, 0.2) is 18.2 Å². The van der Waals surface area contributed by atoms with E-state index in [4.69, 9.17) is 0 Å². The first-order chi connectivity index (χ1) is 9.19. The summed E-state index contributed by atoms with van der Waals surface area (Å²) in [5.41, 5.74) is 2.54. The Morgan fingerprint density at radius 3 is 3.11 bits per heavy atom. The van der Waals surface area contributed by atoms with E-state index in [1.807, 2.05) is 13.0 Å². The summed E-state index contributed by atoms with van der Waals surface area (Å²) in [5.74, 6) is -0.829. The number of piperidine rings is 1. The Bertz CT molecular complexity index is 501. The third-order valence-corrected chi connectivity index (χ3v) is 4.39. The second-order valence-electron chi connectivity index (χ2n) is 5.48. The van der Waals surface area contributed by atoms with Crippen molar-refractivity contribution in [2.24, 2.45) is 0 Å². The molecule has 1 aromatic carbocycles. The molecule has 0 amide bonds. The molecule has 2 saturated heterocycles. The van der Waals surface area contributed by atoms with Crippen LogP contribution >= 0.6 is 0 Å². The van der Waals surface area contributed by atoms with E-state index in [1.165, 1.54) is 18.5 Å². The number of carbonyl (C=O) groups is 1. The average Bonchev–Trinajstić information content (AvgIpc) is 2.79. The van der Waals surface area contributed by atoms with Crippen molar-refractivity contribution in [3.63, 3.8) is 0 Å². The van der Waals surface area contributed by atoms with E-state index in [0.29, 0.717) is 17.6 Å². The van der Waals surface area contributed by atoms with E-state index in [0.717, 1.165) is 25.1 Å². The maximum absolute atomic E-state index is 11.2. The van der Waals surface area contributed by atoms with Gasteiger partial charge in [0.1, 0.15) is 0 Å². The molecule has 0 aliphatic carbocycles. The van der Waals surface area contributed by atoms with E-state index in [1.54, 1.807) is 6.07 Å². The highest BCUT2D eigenvalue weighted by Crippen LogP contribution is 2.29. The quantitative estimate of drug-likeness (QED) is 0.871. The highest BCUT2D eigenvalue weighted by atomic mass is 16.4. The first kappa shape index (κ1) is 12.5. The summed E-state index contributed by atoms with van der Waals surface area (Å²) < 4.78 is 0. The van der Waals surface area contributed by atoms with Crippen LogP contribution in [0.4, 0.5) is 5.69 Å². The molecule has 0 spiro atoms. The fourth-order valence-corrected chi connectivity index (χ4v) is 3.33. The minimum Gasteiger partial charge on any atom is -0.478 e. The van der Waals surface area contributed by atoms with Crippen molar-refractivity contribution in [2.45, 2.75) is 38.3 Å². The van der Waals surface area contributed by atoms with Gasteiger partial charge in [-0.05, 0) is 43.0 Å². The summed E-state index contributed by atoms with van der Waals surface area (Å²) in [5, 5.41) is 12.7. The minimum atomic E-state index is -0.829. The lowest BCUT2D eigenvalue weighted by Gasteiger charge is -2.34. The summed E-state index contributed by atoms with van der Waals surface area (Å²) in [6.07, 6.45) is 3.15. The normalized spacial score (nSPS) is 25.6. The highest BCUT2D eigenvalue weighted by molar-refractivity contribution is 5.90. The van der Waals surface area contributed by atoms with Crippen LogP contribution in [0.2, 0.25) is 0 Å². The zero-order valence-corrected chi connectivity index (χ0v) is 11.2. The van der Waals surface area contributed by atoms with E-state index in [2.05, 4.69) is 16.3 Å². The Labute approximate surface area is 113 Å². The number of aryl methyl sites for hydroxylation is 1. The second-order valence-corrected chi connectivity index (χ2v) is 5.48. The van der Waals surface area contributed by atoms with Crippen molar-refractivity contribution in [1.82, 2.24) is 5.32 Å². The fraction of sp³-hybridized carbons (Fsp3) is 0.533. The van der Waals surface area contributed by atoms with Crippen molar-refractivity contribution in [3.8, 4) is 0 Å². The van der Waals surface area contributed by atoms with Crippen LogP contribution in [0.3, 0.4) is 0 Å². The van der Waals surface area contributed by atoms with Crippen molar-refractivity contribution in [3.05, 3.63) is 29.3 Å². The number of benzene rings is 1. The molecule has 2 aliphatic rings. The third-order valence-electron chi connectivity index (χ3n) is 4.39. The molecule has 2 heterocycles. The van der Waals surface area contributed by atoms with Crippen LogP contribution in [-0.4, -0.2) is 36.2 Å². The molecular weight excluding hydrogens is 240 g/mol. The molecule has 2 unspecified atom stereocenters. The van der Waals surface area contributed by atoms with Crippen LogP contribution < -0.4 is 10.2 Å². The number of carboxylic acids is 1. The topological polar surface area (TPSA) is 52.6 Å². The molecule has 2 N–H and O–H groups in total. The number of hydrogen-bond donors (Lipinski definition) is 2. The number of nitrogens with zero attached hydrogens (tertiary/aromatic N) is 1. The summed E-state index contributed by atoms with van der Waals surface area (Å²) in [4.78, 5) is 13.6. The van der Waals surface area contributed by atoms with Crippen LogP contribution in [-0.2, 0) is 6.42 Å². The molecule has 0 radical (unpaired) electrons. The van der Waals surface area contributed by atoms with E-state index < -0.39 is 5.97 Å². The van der Waals surface area contributed by atoms with Crippen molar-refractivity contribution < 1.29 is 9.90 Å². The minimum absolute atomic E-state index is 0.436. The number of fused-ring (bicyclic) bond motifs is 2. The van der Waals surface area contributed by atoms with Gasteiger partial charge >= 0.3 is 5.97 Å². The molecule has 2 atom stereocenters. The Morgan fingerprint density at radius 1 is 1.53 bits per heavy atom. The molecule has 2 fully saturated rings. The Balaban J connectivity index is 1.90. The zero-order chi connectivity index (χ0) is 13.4. The molecule has 3 rings (SSSR count). The van der Waals surface area contributed by atoms with Gasteiger partial charge in [-0.3, -0.25) is 0 Å². The van der Waals surface area contributed by atoms with Crippen molar-refractivity contribution in [1.29, 1.82) is 0 Å². The molecule has 4 nitrogen and oxygen atoms in total. The Morgan fingerprint density at radius 2 is 2.37 bits per heavy atom. The van der Waals surface area contributed by atoms with Gasteiger partial charge < -0.3 is 15.3 Å². The summed E-state index contributed by atoms with van der Waals surface area (Å²) >= 11 is 0. The molecule has 0 saturated carbocycles. The van der Waals surface area contributed by atoms with Gasteiger partial charge in [0.05, 0.1) is 5.56 Å². The lowest BCUT2D eigenvalue weighted by atomic mass is 9.99. The smallest absolute Gasteiger partial charge is 0.335 e. The molecular formula is C15H20N2O2. The van der Waals surface area contributed by atoms with Gasteiger partial charge in [0.2, 0.25) is 0 Å². The van der Waals surface area contributed by atoms with Crippen LogP contribution in [0.1, 0.15) is 35.7 Å². The maximum atomic E-state index is 11.2. The van der Waals surface area contributed by atoms with Crippen molar-refractivity contribution in [2.75, 3.05) is 18.0 Å². The van der Waals surface area contributed by atoms with E-state index in [-0.39, 0.29) is 0 Å². The first-order valence-electron chi connectivity index (χ1n) is 7.05. The number of carboxylic acid groups (broad SMARTS) is 1. The molecule has 1 aromatic rings. The molecule has 2 aliphatic heterocycles. The first-order valence-corrected chi connectivity index (χ1v) is 7.05. The largest absolute Gasteiger partial charge is 0.478 e. The van der Waals surface area contributed by atoms with Gasteiger partial charge in [-0.25, -0.2) is 4.79 Å². The number of rotatable bonds is 3. The van der Waals surface area contributed by atoms with Gasteiger partial charge in [0, 0.05) is 30.9 Å². The summed E-state index contributed by atoms with van der Waals surface area (Å²) in [7, 11) is 0. The molecule has 19 heavy (non-hydrogen) atoms. The predicted molar refractivity (Wildman–Crippen MR) is 74.9 cm³/mol. The number of nitrogens with one attached hydrogen (secondary N) is 1. The summed E-state index contributed by atoms with van der Waals surface area (Å²) in [6, 6.07) is 7.03. The van der Waals surface area contributed by atoms with Gasteiger partial charge in [0.15, 0.2) is 0 Å². The van der Waals surface area contributed by atoms with Gasteiger partial charge in [0.25, 0.3) is 0 Å². The van der Waals surface area contributed by atoms with Crippen LogP contribution in [0, 0.1) is 0 Å². The number of hydrogen-bond acceptors (Lipinski definition) is 3. The number of anilines is 1. The lowest BCUT2D eigenvalue weighted by molar-refractivity contribution is 0.0696. The Hall–Kier alpha value is -1.55. The van der Waals surface area contributed by atoms with E-state index in [9.17, 15) is 9.90 Å². The SMILES string of the molecule is CCc1cc(N2CCC3CC2CN3)ccc1C(=O)O.